The van der Waals surface area contributed by atoms with Gasteiger partial charge in [0.1, 0.15) is 0 Å². The van der Waals surface area contributed by atoms with Crippen LogP contribution >= 0.6 is 11.3 Å². The lowest BCUT2D eigenvalue weighted by atomic mass is 10.1. The molecule has 0 fully saturated rings. The molecular formula is C17H23N3S. The molecule has 0 radical (unpaired) electrons. The lowest BCUT2D eigenvalue weighted by Crippen LogP contribution is -2.36. The highest BCUT2D eigenvalue weighted by Crippen LogP contribution is 2.14. The summed E-state index contributed by atoms with van der Waals surface area (Å²) < 4.78 is 0. The first-order chi connectivity index (χ1) is 10.2. The molecule has 2 rings (SSSR count). The molecule has 0 aliphatic carbocycles. The fourth-order valence-electron chi connectivity index (χ4n) is 2.04. The van der Waals surface area contributed by atoms with Gasteiger partial charge in [0.15, 0.2) is 5.96 Å². The third kappa shape index (κ3) is 4.60. The molecule has 112 valence electrons. The van der Waals surface area contributed by atoms with Crippen molar-refractivity contribution >= 4 is 17.3 Å². The van der Waals surface area contributed by atoms with Crippen molar-refractivity contribution in [3.8, 4) is 0 Å². The Morgan fingerprint density at radius 1 is 1.10 bits per heavy atom. The van der Waals surface area contributed by atoms with E-state index in [2.05, 4.69) is 72.1 Å². The molecule has 0 atom stereocenters. The Balaban J connectivity index is 1.99. The zero-order valence-corrected chi connectivity index (χ0v) is 13.8. The van der Waals surface area contributed by atoms with Crippen LogP contribution in [0.25, 0.3) is 0 Å². The third-order valence-electron chi connectivity index (χ3n) is 3.40. The number of hydrogen-bond donors (Lipinski definition) is 2. The highest BCUT2D eigenvalue weighted by Gasteiger charge is 2.02. The lowest BCUT2D eigenvalue weighted by molar-refractivity contribution is 0.820. The van der Waals surface area contributed by atoms with E-state index < -0.39 is 0 Å². The van der Waals surface area contributed by atoms with Crippen molar-refractivity contribution in [2.24, 2.45) is 4.99 Å². The van der Waals surface area contributed by atoms with Crippen LogP contribution in [0.15, 0.2) is 40.7 Å². The zero-order valence-electron chi connectivity index (χ0n) is 12.9. The maximum Gasteiger partial charge on any atom is 0.191 e. The normalized spacial score (nSPS) is 11.5. The summed E-state index contributed by atoms with van der Waals surface area (Å²) in [5.41, 5.74) is 3.88. The lowest BCUT2D eigenvalue weighted by Gasteiger charge is -2.11. The Hall–Kier alpha value is -1.81. The first-order valence-corrected chi connectivity index (χ1v) is 8.18. The van der Waals surface area contributed by atoms with Crippen molar-refractivity contribution in [2.45, 2.75) is 33.9 Å². The SMILES string of the molecule is CCNC(=NCc1ccccc1C)NCc1sccc1C. The summed E-state index contributed by atoms with van der Waals surface area (Å²) in [5.74, 6) is 0.869. The van der Waals surface area contributed by atoms with Crippen molar-refractivity contribution in [1.29, 1.82) is 0 Å². The quantitative estimate of drug-likeness (QED) is 0.653. The van der Waals surface area contributed by atoms with Gasteiger partial charge in [0.2, 0.25) is 0 Å². The van der Waals surface area contributed by atoms with Gasteiger partial charge in [-0.1, -0.05) is 24.3 Å². The molecule has 0 amide bonds. The number of benzene rings is 1. The molecule has 0 unspecified atom stereocenters. The van der Waals surface area contributed by atoms with Crippen LogP contribution in [0.4, 0.5) is 0 Å². The van der Waals surface area contributed by atoms with Crippen LogP contribution in [-0.2, 0) is 13.1 Å². The van der Waals surface area contributed by atoms with E-state index in [1.165, 1.54) is 21.6 Å². The number of rotatable bonds is 5. The second-order valence-corrected chi connectivity index (χ2v) is 6.00. The number of nitrogens with zero attached hydrogens (tertiary/aromatic N) is 1. The molecule has 0 spiro atoms. The molecule has 0 aliphatic rings. The molecular weight excluding hydrogens is 278 g/mol. The van der Waals surface area contributed by atoms with Gasteiger partial charge in [0.25, 0.3) is 0 Å². The average molecular weight is 301 g/mol. The van der Waals surface area contributed by atoms with Crippen LogP contribution in [0.2, 0.25) is 0 Å². The number of nitrogens with one attached hydrogen (secondary N) is 2. The van der Waals surface area contributed by atoms with E-state index >= 15 is 0 Å². The van der Waals surface area contributed by atoms with Crippen LogP contribution in [0.1, 0.15) is 28.5 Å². The minimum Gasteiger partial charge on any atom is -0.357 e. The van der Waals surface area contributed by atoms with Gasteiger partial charge in [-0.2, -0.15) is 0 Å². The first-order valence-electron chi connectivity index (χ1n) is 7.30. The van der Waals surface area contributed by atoms with Gasteiger partial charge in [-0.3, -0.25) is 0 Å². The van der Waals surface area contributed by atoms with E-state index in [-0.39, 0.29) is 0 Å². The highest BCUT2D eigenvalue weighted by atomic mass is 32.1. The minimum absolute atomic E-state index is 0.700. The van der Waals surface area contributed by atoms with Gasteiger partial charge >= 0.3 is 0 Å². The molecule has 4 heteroatoms. The molecule has 1 aromatic heterocycles. The first kappa shape index (κ1) is 15.6. The van der Waals surface area contributed by atoms with Crippen molar-refractivity contribution in [1.82, 2.24) is 10.6 Å². The van der Waals surface area contributed by atoms with E-state index in [9.17, 15) is 0 Å². The maximum absolute atomic E-state index is 4.67. The largest absolute Gasteiger partial charge is 0.357 e. The average Bonchev–Trinajstić information content (AvgIpc) is 2.89. The summed E-state index contributed by atoms with van der Waals surface area (Å²) in [6.45, 7) is 8.74. The topological polar surface area (TPSA) is 36.4 Å². The molecule has 2 N–H and O–H groups in total. The summed E-state index contributed by atoms with van der Waals surface area (Å²) in [6, 6.07) is 10.5. The Bertz CT molecular complexity index is 602. The molecule has 1 aromatic carbocycles. The van der Waals surface area contributed by atoms with Crippen molar-refractivity contribution < 1.29 is 0 Å². The Morgan fingerprint density at radius 3 is 2.57 bits per heavy atom. The van der Waals surface area contributed by atoms with Crippen LogP contribution < -0.4 is 10.6 Å². The fraction of sp³-hybridized carbons (Fsp3) is 0.353. The summed E-state index contributed by atoms with van der Waals surface area (Å²) in [4.78, 5) is 6.03. The van der Waals surface area contributed by atoms with E-state index in [0.717, 1.165) is 19.0 Å². The molecule has 2 aromatic rings. The molecule has 3 nitrogen and oxygen atoms in total. The van der Waals surface area contributed by atoms with E-state index in [1.807, 2.05) is 0 Å². The van der Waals surface area contributed by atoms with E-state index in [0.29, 0.717) is 6.54 Å². The van der Waals surface area contributed by atoms with Crippen molar-refractivity contribution in [2.75, 3.05) is 6.54 Å². The smallest absolute Gasteiger partial charge is 0.191 e. The summed E-state index contributed by atoms with van der Waals surface area (Å²) in [7, 11) is 0. The molecule has 0 bridgehead atoms. The molecule has 0 aliphatic heterocycles. The van der Waals surface area contributed by atoms with Gasteiger partial charge < -0.3 is 10.6 Å². The van der Waals surface area contributed by atoms with Crippen LogP contribution in [0.5, 0.6) is 0 Å². The van der Waals surface area contributed by atoms with Gasteiger partial charge in [-0.15, -0.1) is 11.3 Å². The predicted molar refractivity (Wildman–Crippen MR) is 91.9 cm³/mol. The molecule has 21 heavy (non-hydrogen) atoms. The van der Waals surface area contributed by atoms with Gasteiger partial charge in [-0.05, 0) is 48.9 Å². The summed E-state index contributed by atoms with van der Waals surface area (Å²) in [6.07, 6.45) is 0. The summed E-state index contributed by atoms with van der Waals surface area (Å²) in [5, 5.41) is 8.83. The number of thiophene rings is 1. The molecule has 0 saturated carbocycles. The fourth-order valence-corrected chi connectivity index (χ4v) is 2.89. The standard InChI is InChI=1S/C17H23N3S/c1-4-18-17(20-12-16-14(3)9-10-21-16)19-11-15-8-6-5-7-13(15)2/h5-10H,4,11-12H2,1-3H3,(H2,18,19,20). The van der Waals surface area contributed by atoms with Gasteiger partial charge in [-0.25, -0.2) is 4.99 Å². The van der Waals surface area contributed by atoms with Crippen LogP contribution in [-0.4, -0.2) is 12.5 Å². The Morgan fingerprint density at radius 2 is 1.90 bits per heavy atom. The van der Waals surface area contributed by atoms with Crippen molar-refractivity contribution in [3.63, 3.8) is 0 Å². The van der Waals surface area contributed by atoms with Gasteiger partial charge in [0.05, 0.1) is 13.1 Å². The number of aryl methyl sites for hydroxylation is 2. The highest BCUT2D eigenvalue weighted by molar-refractivity contribution is 7.10. The van der Waals surface area contributed by atoms with Gasteiger partial charge in [0, 0.05) is 11.4 Å². The number of hydrogen-bond acceptors (Lipinski definition) is 2. The van der Waals surface area contributed by atoms with E-state index in [4.69, 9.17) is 0 Å². The van der Waals surface area contributed by atoms with E-state index in [1.54, 1.807) is 11.3 Å². The maximum atomic E-state index is 4.67. The van der Waals surface area contributed by atoms with Crippen LogP contribution in [0, 0.1) is 13.8 Å². The minimum atomic E-state index is 0.700. The zero-order chi connectivity index (χ0) is 15.1. The molecule has 1 heterocycles. The Labute approximate surface area is 131 Å². The third-order valence-corrected chi connectivity index (χ3v) is 4.42. The summed E-state index contributed by atoms with van der Waals surface area (Å²) >= 11 is 1.78. The van der Waals surface area contributed by atoms with Crippen LogP contribution in [0.3, 0.4) is 0 Å². The Kier molecular flexibility index (Phi) is 5.81. The predicted octanol–water partition coefficient (Wildman–Crippen LogP) is 3.62. The number of aliphatic imine (C=N–C) groups is 1. The number of guanidine groups is 1. The monoisotopic (exact) mass is 301 g/mol. The second-order valence-electron chi connectivity index (χ2n) is 5.00. The second kappa shape index (κ2) is 7.84. The van der Waals surface area contributed by atoms with Crippen molar-refractivity contribution in [3.05, 3.63) is 57.3 Å². The molecule has 0 saturated heterocycles.